The minimum atomic E-state index is -0.305. The summed E-state index contributed by atoms with van der Waals surface area (Å²) in [6.45, 7) is 0. The van der Waals surface area contributed by atoms with Crippen LogP contribution in [0.3, 0.4) is 0 Å². The number of anilines is 2. The number of nitrogen functional groups attached to an aromatic ring is 1. The fraction of sp³-hybridized carbons (Fsp3) is 0.400. The second-order valence-electron chi connectivity index (χ2n) is 3.49. The highest BCUT2D eigenvalue weighted by Gasteiger charge is 2.26. The maximum atomic E-state index is 13.1. The van der Waals surface area contributed by atoms with Crippen LogP contribution in [0.2, 0.25) is 0 Å². The minimum absolute atomic E-state index is 0.216. The lowest BCUT2D eigenvalue weighted by Crippen LogP contribution is -1.99. The lowest BCUT2D eigenvalue weighted by atomic mass is 10.1. The Morgan fingerprint density at radius 2 is 2.15 bits per heavy atom. The van der Waals surface area contributed by atoms with Crippen molar-refractivity contribution >= 4 is 11.4 Å². The molecule has 1 aromatic carbocycles. The number of benzene rings is 1. The molecule has 0 atom stereocenters. The predicted molar refractivity (Wildman–Crippen MR) is 52.3 cm³/mol. The Kier molecular flexibility index (Phi) is 1.87. The Hall–Kier alpha value is -1.25. The summed E-state index contributed by atoms with van der Waals surface area (Å²) in [5.41, 5.74) is 7.71. The number of hydrogen-bond acceptors (Lipinski definition) is 2. The van der Waals surface area contributed by atoms with E-state index in [-0.39, 0.29) is 11.5 Å². The van der Waals surface area contributed by atoms with Crippen molar-refractivity contribution in [1.82, 2.24) is 0 Å². The van der Waals surface area contributed by atoms with Crippen LogP contribution in [0, 0.1) is 5.82 Å². The third kappa shape index (κ3) is 1.46. The number of hydrogen-bond donors (Lipinski definition) is 2. The van der Waals surface area contributed by atoms with Crippen LogP contribution in [0.4, 0.5) is 15.8 Å². The summed E-state index contributed by atoms with van der Waals surface area (Å²) in [4.78, 5) is 0. The van der Waals surface area contributed by atoms with Crippen LogP contribution in [0.1, 0.15) is 24.3 Å². The molecule has 1 aliphatic carbocycles. The molecule has 3 N–H and O–H groups in total. The molecular weight excluding hydrogens is 167 g/mol. The molecule has 3 heteroatoms. The molecule has 1 fully saturated rings. The van der Waals surface area contributed by atoms with Crippen LogP contribution in [-0.2, 0) is 0 Å². The number of rotatable bonds is 2. The third-order valence-electron chi connectivity index (χ3n) is 2.46. The average molecular weight is 180 g/mol. The first-order valence-electron chi connectivity index (χ1n) is 4.49. The Morgan fingerprint density at radius 3 is 2.69 bits per heavy atom. The molecule has 0 heterocycles. The number of nitrogens with two attached hydrogens (primary N) is 1. The van der Waals surface area contributed by atoms with Crippen molar-refractivity contribution in [1.29, 1.82) is 0 Å². The Labute approximate surface area is 76.9 Å². The Bertz CT molecular complexity index is 332. The van der Waals surface area contributed by atoms with E-state index in [1.807, 2.05) is 7.05 Å². The Morgan fingerprint density at radius 1 is 1.46 bits per heavy atom. The van der Waals surface area contributed by atoms with E-state index >= 15 is 0 Å². The zero-order valence-corrected chi connectivity index (χ0v) is 7.60. The van der Waals surface area contributed by atoms with Crippen LogP contribution >= 0.6 is 0 Å². The van der Waals surface area contributed by atoms with Gasteiger partial charge in [-0.1, -0.05) is 0 Å². The van der Waals surface area contributed by atoms with E-state index < -0.39 is 0 Å². The van der Waals surface area contributed by atoms with Crippen LogP contribution in [0.15, 0.2) is 12.1 Å². The van der Waals surface area contributed by atoms with Crippen molar-refractivity contribution in [2.24, 2.45) is 0 Å². The smallest absolute Gasteiger partial charge is 0.146 e. The minimum Gasteiger partial charge on any atom is -0.396 e. The van der Waals surface area contributed by atoms with E-state index in [0.29, 0.717) is 5.92 Å². The fourth-order valence-corrected chi connectivity index (χ4v) is 1.55. The molecule has 2 nitrogen and oxygen atoms in total. The maximum absolute atomic E-state index is 13.1. The SMILES string of the molecule is CNc1cc(N)c(F)cc1C1CC1. The van der Waals surface area contributed by atoms with E-state index in [9.17, 15) is 4.39 Å². The summed E-state index contributed by atoms with van der Waals surface area (Å²) in [5, 5.41) is 3.04. The summed E-state index contributed by atoms with van der Waals surface area (Å²) < 4.78 is 13.1. The van der Waals surface area contributed by atoms with Gasteiger partial charge in [-0.15, -0.1) is 0 Å². The van der Waals surface area contributed by atoms with Crippen LogP contribution in [0.5, 0.6) is 0 Å². The molecule has 1 aromatic rings. The highest BCUT2D eigenvalue weighted by Crippen LogP contribution is 2.44. The summed E-state index contributed by atoms with van der Waals surface area (Å²) in [7, 11) is 1.83. The lowest BCUT2D eigenvalue weighted by Gasteiger charge is -2.09. The Balaban J connectivity index is 2.46. The molecule has 0 saturated heterocycles. The molecule has 0 spiro atoms. The van der Waals surface area contributed by atoms with E-state index in [2.05, 4.69) is 5.32 Å². The second-order valence-corrected chi connectivity index (χ2v) is 3.49. The summed E-state index contributed by atoms with van der Waals surface area (Å²) in [5.74, 6) is 0.235. The van der Waals surface area contributed by atoms with Crippen LogP contribution < -0.4 is 11.1 Å². The summed E-state index contributed by atoms with van der Waals surface area (Å²) in [6, 6.07) is 3.22. The van der Waals surface area contributed by atoms with Gasteiger partial charge in [0.25, 0.3) is 0 Å². The van der Waals surface area contributed by atoms with Gasteiger partial charge < -0.3 is 11.1 Å². The summed E-state index contributed by atoms with van der Waals surface area (Å²) in [6.07, 6.45) is 2.33. The molecule has 70 valence electrons. The zero-order valence-electron chi connectivity index (χ0n) is 7.60. The number of nitrogens with one attached hydrogen (secondary N) is 1. The molecule has 1 aliphatic rings. The van der Waals surface area contributed by atoms with Crippen molar-refractivity contribution in [3.8, 4) is 0 Å². The molecule has 0 radical (unpaired) electrons. The molecule has 13 heavy (non-hydrogen) atoms. The van der Waals surface area contributed by atoms with Gasteiger partial charge in [-0.2, -0.15) is 0 Å². The highest BCUT2D eigenvalue weighted by molar-refractivity contribution is 5.62. The molecule has 0 amide bonds. The van der Waals surface area contributed by atoms with Gasteiger partial charge in [0.1, 0.15) is 5.82 Å². The molecule has 0 aliphatic heterocycles. The van der Waals surface area contributed by atoms with E-state index in [0.717, 1.165) is 24.1 Å². The van der Waals surface area contributed by atoms with Gasteiger partial charge in [0.2, 0.25) is 0 Å². The van der Waals surface area contributed by atoms with Gasteiger partial charge in [-0.3, -0.25) is 0 Å². The third-order valence-corrected chi connectivity index (χ3v) is 2.46. The molecule has 0 aromatic heterocycles. The van der Waals surface area contributed by atoms with E-state index in [4.69, 9.17) is 5.73 Å². The van der Waals surface area contributed by atoms with Crippen LogP contribution in [0.25, 0.3) is 0 Å². The fourth-order valence-electron chi connectivity index (χ4n) is 1.55. The standard InChI is InChI=1S/C10H13FN2/c1-13-10-5-9(12)8(11)4-7(10)6-2-3-6/h4-6,13H,2-3,12H2,1H3. The van der Waals surface area contributed by atoms with E-state index in [1.54, 1.807) is 12.1 Å². The monoisotopic (exact) mass is 180 g/mol. The molecular formula is C10H13FN2. The van der Waals surface area contributed by atoms with Crippen molar-refractivity contribution in [3.63, 3.8) is 0 Å². The van der Waals surface area contributed by atoms with Crippen molar-refractivity contribution < 1.29 is 4.39 Å². The van der Waals surface area contributed by atoms with Crippen molar-refractivity contribution in [3.05, 3.63) is 23.5 Å². The lowest BCUT2D eigenvalue weighted by molar-refractivity contribution is 0.630. The first kappa shape index (κ1) is 8.35. The quantitative estimate of drug-likeness (QED) is 0.685. The van der Waals surface area contributed by atoms with Gasteiger partial charge in [0.05, 0.1) is 5.69 Å². The van der Waals surface area contributed by atoms with Crippen molar-refractivity contribution in [2.75, 3.05) is 18.1 Å². The molecule has 2 rings (SSSR count). The predicted octanol–water partition coefficient (Wildman–Crippen LogP) is 2.33. The van der Waals surface area contributed by atoms with Gasteiger partial charge >= 0.3 is 0 Å². The second kappa shape index (κ2) is 2.91. The first-order chi connectivity index (χ1) is 6.22. The number of halogens is 1. The van der Waals surface area contributed by atoms with Gasteiger partial charge in [-0.05, 0) is 36.5 Å². The van der Waals surface area contributed by atoms with E-state index in [1.165, 1.54) is 0 Å². The molecule has 0 bridgehead atoms. The average Bonchev–Trinajstić information content (AvgIpc) is 2.92. The highest BCUT2D eigenvalue weighted by atomic mass is 19.1. The summed E-state index contributed by atoms with van der Waals surface area (Å²) >= 11 is 0. The van der Waals surface area contributed by atoms with Gasteiger partial charge in [0.15, 0.2) is 0 Å². The largest absolute Gasteiger partial charge is 0.396 e. The topological polar surface area (TPSA) is 38.0 Å². The normalized spacial score (nSPS) is 15.8. The molecule has 1 saturated carbocycles. The van der Waals surface area contributed by atoms with Crippen molar-refractivity contribution in [2.45, 2.75) is 18.8 Å². The van der Waals surface area contributed by atoms with Gasteiger partial charge in [-0.25, -0.2) is 4.39 Å². The van der Waals surface area contributed by atoms with Gasteiger partial charge in [0, 0.05) is 12.7 Å². The zero-order chi connectivity index (χ0) is 9.42. The maximum Gasteiger partial charge on any atom is 0.146 e. The molecule has 0 unspecified atom stereocenters. The van der Waals surface area contributed by atoms with Crippen LogP contribution in [-0.4, -0.2) is 7.05 Å². The first-order valence-corrected chi connectivity index (χ1v) is 4.49.